The Balaban J connectivity index is 2.01. The number of hydrogen-bond acceptors (Lipinski definition) is 3. The molecule has 1 saturated carbocycles. The molecule has 19 heavy (non-hydrogen) atoms. The van der Waals surface area contributed by atoms with Crippen LogP contribution in [0, 0.1) is 5.92 Å². The van der Waals surface area contributed by atoms with Crippen LogP contribution in [0.1, 0.15) is 59.3 Å². The summed E-state index contributed by atoms with van der Waals surface area (Å²) in [5.41, 5.74) is 0. The van der Waals surface area contributed by atoms with E-state index in [0.29, 0.717) is 18.4 Å². The van der Waals surface area contributed by atoms with E-state index in [1.807, 2.05) is 13.8 Å². The zero-order valence-electron chi connectivity index (χ0n) is 12.3. The van der Waals surface area contributed by atoms with Crippen molar-refractivity contribution in [2.24, 2.45) is 5.92 Å². The highest BCUT2D eigenvalue weighted by Gasteiger charge is 2.42. The molecule has 0 aromatic heterocycles. The average molecular weight is 266 g/mol. The fraction of sp³-hybridized carbons (Fsp3) is 0.867. The fourth-order valence-corrected chi connectivity index (χ4v) is 3.47. The van der Waals surface area contributed by atoms with Crippen molar-refractivity contribution in [2.45, 2.75) is 77.4 Å². The third-order valence-electron chi connectivity index (χ3n) is 4.77. The molecule has 0 aromatic rings. The molecule has 2 rings (SSSR count). The zero-order valence-corrected chi connectivity index (χ0v) is 12.3. The van der Waals surface area contributed by atoms with Gasteiger partial charge in [0.25, 0.3) is 0 Å². The van der Waals surface area contributed by atoms with Crippen molar-refractivity contribution in [3.63, 3.8) is 0 Å². The second-order valence-corrected chi connectivity index (χ2v) is 6.01. The summed E-state index contributed by atoms with van der Waals surface area (Å²) < 4.78 is 0. The minimum absolute atomic E-state index is 0.00171. The Labute approximate surface area is 115 Å². The first-order valence-corrected chi connectivity index (χ1v) is 7.70. The highest BCUT2D eigenvalue weighted by atomic mass is 16.2. The molecule has 4 heteroatoms. The van der Waals surface area contributed by atoms with Gasteiger partial charge in [0.05, 0.1) is 12.5 Å². The number of nitrogens with one attached hydrogen (secondary N) is 1. The topological polar surface area (TPSA) is 49.4 Å². The maximum atomic E-state index is 12.4. The maximum absolute atomic E-state index is 12.4. The van der Waals surface area contributed by atoms with Crippen LogP contribution in [0.5, 0.6) is 0 Å². The number of imide groups is 1. The van der Waals surface area contributed by atoms with Gasteiger partial charge in [-0.05, 0) is 31.6 Å². The third-order valence-corrected chi connectivity index (χ3v) is 4.77. The number of carbonyl (C=O) groups excluding carboxylic acids is 2. The van der Waals surface area contributed by atoms with Gasteiger partial charge in [0.1, 0.15) is 0 Å². The minimum atomic E-state index is -0.279. The molecule has 4 nitrogen and oxygen atoms in total. The fourth-order valence-electron chi connectivity index (χ4n) is 3.47. The Morgan fingerprint density at radius 2 is 1.95 bits per heavy atom. The maximum Gasteiger partial charge on any atom is 0.247 e. The normalized spacial score (nSPS) is 31.8. The predicted molar refractivity (Wildman–Crippen MR) is 74.6 cm³/mol. The number of likely N-dealkylation sites (tertiary alicyclic amines) is 1. The Morgan fingerprint density at radius 1 is 1.26 bits per heavy atom. The molecule has 0 aromatic carbocycles. The molecule has 0 radical (unpaired) electrons. The summed E-state index contributed by atoms with van der Waals surface area (Å²) in [6, 6.07) is 0.204. The molecule has 1 N–H and O–H groups in total. The minimum Gasteiger partial charge on any atom is -0.302 e. The Kier molecular flexibility index (Phi) is 4.61. The lowest BCUT2D eigenvalue weighted by molar-refractivity contribution is -0.141. The zero-order chi connectivity index (χ0) is 14.0. The Morgan fingerprint density at radius 3 is 2.47 bits per heavy atom. The van der Waals surface area contributed by atoms with E-state index in [1.165, 1.54) is 17.7 Å². The molecule has 0 spiro atoms. The van der Waals surface area contributed by atoms with Crippen LogP contribution in [0.15, 0.2) is 0 Å². The van der Waals surface area contributed by atoms with E-state index in [-0.39, 0.29) is 23.9 Å². The third kappa shape index (κ3) is 2.83. The molecule has 2 aliphatic rings. The van der Waals surface area contributed by atoms with Gasteiger partial charge < -0.3 is 5.32 Å². The SMILES string of the molecule is CCC(CC)N1C(=O)CC(NC2CCCC2C)C1=O. The van der Waals surface area contributed by atoms with Gasteiger partial charge >= 0.3 is 0 Å². The summed E-state index contributed by atoms with van der Waals surface area (Å²) in [5.74, 6) is 0.616. The monoisotopic (exact) mass is 266 g/mol. The van der Waals surface area contributed by atoms with Gasteiger partial charge in [-0.2, -0.15) is 0 Å². The number of hydrogen-bond donors (Lipinski definition) is 1. The molecule has 1 heterocycles. The summed E-state index contributed by atoms with van der Waals surface area (Å²) in [6.07, 6.45) is 5.62. The number of rotatable bonds is 5. The van der Waals surface area contributed by atoms with E-state index in [4.69, 9.17) is 0 Å². The molecule has 1 aliphatic carbocycles. The van der Waals surface area contributed by atoms with Crippen LogP contribution in [0.4, 0.5) is 0 Å². The largest absolute Gasteiger partial charge is 0.302 e. The van der Waals surface area contributed by atoms with Crippen LogP contribution < -0.4 is 5.32 Å². The van der Waals surface area contributed by atoms with Gasteiger partial charge in [-0.15, -0.1) is 0 Å². The number of carbonyl (C=O) groups is 2. The lowest BCUT2D eigenvalue weighted by Crippen LogP contribution is -2.47. The van der Waals surface area contributed by atoms with Gasteiger partial charge in [-0.3, -0.25) is 14.5 Å². The van der Waals surface area contributed by atoms with E-state index in [1.54, 1.807) is 0 Å². The first kappa shape index (κ1) is 14.5. The molecule has 3 unspecified atom stereocenters. The second-order valence-electron chi connectivity index (χ2n) is 6.01. The number of amides is 2. The van der Waals surface area contributed by atoms with Crippen molar-refractivity contribution < 1.29 is 9.59 Å². The lowest BCUT2D eigenvalue weighted by Gasteiger charge is -2.25. The molecule has 3 atom stereocenters. The van der Waals surface area contributed by atoms with Crippen LogP contribution in [-0.2, 0) is 9.59 Å². The summed E-state index contributed by atoms with van der Waals surface area (Å²) in [4.78, 5) is 26.0. The Bertz CT molecular complexity index is 352. The van der Waals surface area contributed by atoms with Gasteiger partial charge in [0.2, 0.25) is 11.8 Å². The lowest BCUT2D eigenvalue weighted by atomic mass is 10.0. The van der Waals surface area contributed by atoms with Gasteiger partial charge in [-0.1, -0.05) is 27.2 Å². The molecule has 0 bridgehead atoms. The second kappa shape index (κ2) is 6.04. The standard InChI is InChI=1S/C15H26N2O2/c1-4-11(5-2)17-14(18)9-13(15(17)19)16-12-8-6-7-10(12)3/h10-13,16H,4-9H2,1-3H3. The predicted octanol–water partition coefficient (Wildman–Crippen LogP) is 2.08. The first-order chi connectivity index (χ1) is 9.08. The van der Waals surface area contributed by atoms with Crippen molar-refractivity contribution in [1.82, 2.24) is 10.2 Å². The van der Waals surface area contributed by atoms with Crippen LogP contribution >= 0.6 is 0 Å². The quantitative estimate of drug-likeness (QED) is 0.775. The molecular formula is C15H26N2O2. The molecule has 1 aliphatic heterocycles. The average Bonchev–Trinajstić information content (AvgIpc) is 2.90. The van der Waals surface area contributed by atoms with Gasteiger partial charge in [0, 0.05) is 12.1 Å². The van der Waals surface area contributed by atoms with Crippen LogP contribution in [0.2, 0.25) is 0 Å². The van der Waals surface area contributed by atoms with E-state index >= 15 is 0 Å². The summed E-state index contributed by atoms with van der Waals surface area (Å²) in [5, 5.41) is 3.43. The van der Waals surface area contributed by atoms with Crippen molar-refractivity contribution in [3.05, 3.63) is 0 Å². The summed E-state index contributed by atoms with van der Waals surface area (Å²) >= 11 is 0. The highest BCUT2D eigenvalue weighted by Crippen LogP contribution is 2.27. The molecule has 108 valence electrons. The van der Waals surface area contributed by atoms with Crippen LogP contribution in [0.3, 0.4) is 0 Å². The van der Waals surface area contributed by atoms with E-state index < -0.39 is 0 Å². The first-order valence-electron chi connectivity index (χ1n) is 7.70. The van der Waals surface area contributed by atoms with E-state index in [2.05, 4.69) is 12.2 Å². The van der Waals surface area contributed by atoms with Crippen molar-refractivity contribution in [3.8, 4) is 0 Å². The van der Waals surface area contributed by atoms with Crippen molar-refractivity contribution >= 4 is 11.8 Å². The molecular weight excluding hydrogens is 240 g/mol. The number of nitrogens with zero attached hydrogens (tertiary/aromatic N) is 1. The summed E-state index contributed by atoms with van der Waals surface area (Å²) in [7, 11) is 0. The smallest absolute Gasteiger partial charge is 0.247 e. The van der Waals surface area contributed by atoms with Crippen molar-refractivity contribution in [2.75, 3.05) is 0 Å². The highest BCUT2D eigenvalue weighted by molar-refractivity contribution is 6.05. The molecule has 2 amide bonds. The van der Waals surface area contributed by atoms with E-state index in [9.17, 15) is 9.59 Å². The van der Waals surface area contributed by atoms with Crippen molar-refractivity contribution in [1.29, 1.82) is 0 Å². The van der Waals surface area contributed by atoms with E-state index in [0.717, 1.165) is 19.3 Å². The van der Waals surface area contributed by atoms with Gasteiger partial charge in [0.15, 0.2) is 0 Å². The molecule has 2 fully saturated rings. The van der Waals surface area contributed by atoms with Crippen LogP contribution in [-0.4, -0.2) is 34.8 Å². The van der Waals surface area contributed by atoms with Gasteiger partial charge in [-0.25, -0.2) is 0 Å². The molecule has 1 saturated heterocycles. The summed E-state index contributed by atoms with van der Waals surface area (Å²) in [6.45, 7) is 6.30. The Hall–Kier alpha value is -0.900. The van der Waals surface area contributed by atoms with Crippen LogP contribution in [0.25, 0.3) is 0 Å².